The summed E-state index contributed by atoms with van der Waals surface area (Å²) in [5.74, 6) is -0.945. The van der Waals surface area contributed by atoms with E-state index in [4.69, 9.17) is 11.6 Å². The van der Waals surface area contributed by atoms with Crippen LogP contribution in [0.5, 0.6) is 0 Å². The number of aliphatic hydroxyl groups is 1. The maximum Gasteiger partial charge on any atom is 0.337 e. The highest BCUT2D eigenvalue weighted by atomic mass is 35.5. The topological polar surface area (TPSA) is 85.4 Å². The molecule has 6 heteroatoms. The molecule has 0 radical (unpaired) electrons. The fourth-order valence-corrected chi connectivity index (χ4v) is 3.30. The molecule has 0 aliphatic rings. The monoisotopic (exact) mass is 372 g/mol. The van der Waals surface area contributed by atoms with Crippen molar-refractivity contribution in [3.05, 3.63) is 70.4 Å². The number of hydrogen-bond donors (Lipinski definition) is 4. The Bertz CT molecular complexity index is 922. The van der Waals surface area contributed by atoms with Crippen LogP contribution >= 0.6 is 11.6 Å². The average Bonchev–Trinajstić information content (AvgIpc) is 3.02. The Balaban J connectivity index is 1.65. The highest BCUT2D eigenvalue weighted by Crippen LogP contribution is 2.23. The first-order valence-corrected chi connectivity index (χ1v) is 8.82. The molecule has 0 fully saturated rings. The second kappa shape index (κ2) is 7.91. The molecular formula is C20H21ClN2O3. The van der Waals surface area contributed by atoms with E-state index >= 15 is 0 Å². The van der Waals surface area contributed by atoms with Crippen LogP contribution in [0.15, 0.2) is 48.7 Å². The molecule has 0 spiro atoms. The predicted molar refractivity (Wildman–Crippen MR) is 103 cm³/mol. The van der Waals surface area contributed by atoms with Gasteiger partial charge >= 0.3 is 5.97 Å². The number of halogens is 1. The Morgan fingerprint density at radius 1 is 1.27 bits per heavy atom. The third-order valence-corrected chi connectivity index (χ3v) is 4.69. The molecule has 0 bridgehead atoms. The Kier molecular flexibility index (Phi) is 5.61. The van der Waals surface area contributed by atoms with Gasteiger partial charge in [0, 0.05) is 29.2 Å². The van der Waals surface area contributed by atoms with E-state index in [-0.39, 0.29) is 11.6 Å². The summed E-state index contributed by atoms with van der Waals surface area (Å²) in [5.41, 5.74) is 2.72. The molecule has 136 valence electrons. The Morgan fingerprint density at radius 2 is 2.04 bits per heavy atom. The minimum Gasteiger partial charge on any atom is -0.478 e. The highest BCUT2D eigenvalue weighted by Gasteiger charge is 2.15. The van der Waals surface area contributed by atoms with E-state index in [0.29, 0.717) is 23.5 Å². The van der Waals surface area contributed by atoms with Gasteiger partial charge in [0.15, 0.2) is 0 Å². The van der Waals surface area contributed by atoms with Gasteiger partial charge in [0.2, 0.25) is 0 Å². The number of rotatable bonds is 7. The van der Waals surface area contributed by atoms with Crippen LogP contribution in [0.1, 0.15) is 34.5 Å². The summed E-state index contributed by atoms with van der Waals surface area (Å²) in [6.07, 6.45) is 1.92. The van der Waals surface area contributed by atoms with Gasteiger partial charge in [0.25, 0.3) is 0 Å². The summed E-state index contributed by atoms with van der Waals surface area (Å²) in [6.45, 7) is 2.44. The van der Waals surface area contributed by atoms with E-state index in [0.717, 1.165) is 16.5 Å². The largest absolute Gasteiger partial charge is 0.478 e. The number of aromatic nitrogens is 1. The van der Waals surface area contributed by atoms with Gasteiger partial charge in [0.1, 0.15) is 0 Å². The van der Waals surface area contributed by atoms with Crippen molar-refractivity contribution in [3.63, 3.8) is 0 Å². The van der Waals surface area contributed by atoms with Crippen LogP contribution in [0, 0.1) is 0 Å². The number of nitrogens with one attached hydrogen (secondary N) is 2. The summed E-state index contributed by atoms with van der Waals surface area (Å²) in [5, 5.41) is 24.4. The van der Waals surface area contributed by atoms with Gasteiger partial charge in [-0.3, -0.25) is 0 Å². The molecular weight excluding hydrogens is 352 g/mol. The van der Waals surface area contributed by atoms with E-state index in [1.165, 1.54) is 0 Å². The van der Waals surface area contributed by atoms with Crippen molar-refractivity contribution in [2.45, 2.75) is 25.5 Å². The number of carbonyl (C=O) groups is 1. The maximum atomic E-state index is 11.3. The zero-order chi connectivity index (χ0) is 18.7. The number of carboxylic acids is 1. The third-order valence-electron chi connectivity index (χ3n) is 4.45. The standard InChI is InChI=1S/C20H21ClN2O3/c1-12(22-11-18(24)13-4-2-5-15(21)9-13)8-14-10-23-19-16(14)6-3-7-17(19)20(25)26/h2-7,9-10,12,18,22-24H,8,11H2,1H3,(H,25,26). The average molecular weight is 373 g/mol. The molecule has 0 saturated carbocycles. The van der Waals surface area contributed by atoms with Gasteiger partial charge in [-0.25, -0.2) is 4.79 Å². The number of hydrogen-bond acceptors (Lipinski definition) is 3. The Labute approximate surface area is 156 Å². The lowest BCUT2D eigenvalue weighted by molar-refractivity contribution is 0.0699. The van der Waals surface area contributed by atoms with Crippen molar-refractivity contribution in [1.82, 2.24) is 10.3 Å². The molecule has 4 N–H and O–H groups in total. The molecule has 26 heavy (non-hydrogen) atoms. The van der Waals surface area contributed by atoms with Gasteiger partial charge in [-0.1, -0.05) is 35.9 Å². The first-order chi connectivity index (χ1) is 12.5. The number of H-pyrrole nitrogens is 1. The predicted octanol–water partition coefficient (Wildman–Crippen LogP) is 3.77. The smallest absolute Gasteiger partial charge is 0.337 e. The zero-order valence-electron chi connectivity index (χ0n) is 14.4. The molecule has 3 rings (SSSR count). The fourth-order valence-electron chi connectivity index (χ4n) is 3.11. The van der Waals surface area contributed by atoms with Crippen molar-refractivity contribution in [2.24, 2.45) is 0 Å². The van der Waals surface area contributed by atoms with Crippen LogP contribution in [0.25, 0.3) is 10.9 Å². The molecule has 3 aromatic rings. The summed E-state index contributed by atoms with van der Waals surface area (Å²) >= 11 is 5.96. The van der Waals surface area contributed by atoms with Crippen LogP contribution in [0.2, 0.25) is 5.02 Å². The summed E-state index contributed by atoms with van der Waals surface area (Å²) in [6, 6.07) is 12.6. The second-order valence-corrected chi connectivity index (χ2v) is 6.87. The molecule has 2 atom stereocenters. The molecule has 0 aliphatic heterocycles. The highest BCUT2D eigenvalue weighted by molar-refractivity contribution is 6.30. The SMILES string of the molecule is CC(Cc1c[nH]c2c(C(=O)O)cccc12)NCC(O)c1cccc(Cl)c1. The number of carboxylic acid groups (broad SMARTS) is 1. The molecule has 5 nitrogen and oxygen atoms in total. The third kappa shape index (κ3) is 4.07. The van der Waals surface area contributed by atoms with Gasteiger partial charge in [-0.05, 0) is 42.7 Å². The number of aliphatic hydroxyl groups excluding tert-OH is 1. The molecule has 0 amide bonds. The zero-order valence-corrected chi connectivity index (χ0v) is 15.1. The lowest BCUT2D eigenvalue weighted by atomic mass is 10.0. The molecule has 0 saturated heterocycles. The van der Waals surface area contributed by atoms with E-state index in [1.54, 1.807) is 24.3 Å². The van der Waals surface area contributed by atoms with E-state index < -0.39 is 12.1 Å². The lowest BCUT2D eigenvalue weighted by Crippen LogP contribution is -2.32. The van der Waals surface area contributed by atoms with Gasteiger partial charge in [-0.15, -0.1) is 0 Å². The summed E-state index contributed by atoms with van der Waals surface area (Å²) in [7, 11) is 0. The second-order valence-electron chi connectivity index (χ2n) is 6.43. The normalized spacial score (nSPS) is 13.7. The van der Waals surface area contributed by atoms with Crippen molar-refractivity contribution in [3.8, 4) is 0 Å². The Morgan fingerprint density at radius 3 is 2.77 bits per heavy atom. The minimum atomic E-state index is -0.945. The minimum absolute atomic E-state index is 0.108. The summed E-state index contributed by atoms with van der Waals surface area (Å²) in [4.78, 5) is 14.4. The van der Waals surface area contributed by atoms with Crippen molar-refractivity contribution < 1.29 is 15.0 Å². The quantitative estimate of drug-likeness (QED) is 0.508. The van der Waals surface area contributed by atoms with E-state index in [9.17, 15) is 15.0 Å². The van der Waals surface area contributed by atoms with Crippen molar-refractivity contribution in [2.75, 3.05) is 6.54 Å². The first kappa shape index (κ1) is 18.5. The van der Waals surface area contributed by atoms with Crippen LogP contribution in [-0.2, 0) is 6.42 Å². The summed E-state index contributed by atoms with van der Waals surface area (Å²) < 4.78 is 0. The molecule has 1 heterocycles. The Hall–Kier alpha value is -2.34. The van der Waals surface area contributed by atoms with E-state index in [2.05, 4.69) is 10.3 Å². The van der Waals surface area contributed by atoms with Gasteiger partial charge < -0.3 is 20.5 Å². The first-order valence-electron chi connectivity index (χ1n) is 8.45. The van der Waals surface area contributed by atoms with Gasteiger partial charge in [-0.2, -0.15) is 0 Å². The molecule has 1 aromatic heterocycles. The van der Waals surface area contributed by atoms with Crippen LogP contribution in [0.3, 0.4) is 0 Å². The van der Waals surface area contributed by atoms with Crippen LogP contribution < -0.4 is 5.32 Å². The van der Waals surface area contributed by atoms with Crippen molar-refractivity contribution >= 4 is 28.5 Å². The van der Waals surface area contributed by atoms with E-state index in [1.807, 2.05) is 31.3 Å². The maximum absolute atomic E-state index is 11.3. The number of benzene rings is 2. The number of fused-ring (bicyclic) bond motifs is 1. The molecule has 2 unspecified atom stereocenters. The van der Waals surface area contributed by atoms with Crippen LogP contribution in [0.4, 0.5) is 0 Å². The lowest BCUT2D eigenvalue weighted by Gasteiger charge is -2.17. The van der Waals surface area contributed by atoms with Crippen LogP contribution in [-0.4, -0.2) is 33.8 Å². The number of para-hydroxylation sites is 1. The number of aromatic carboxylic acids is 1. The number of aromatic amines is 1. The fraction of sp³-hybridized carbons (Fsp3) is 0.250. The molecule has 2 aromatic carbocycles. The van der Waals surface area contributed by atoms with Crippen molar-refractivity contribution in [1.29, 1.82) is 0 Å². The van der Waals surface area contributed by atoms with Gasteiger partial charge in [0.05, 0.1) is 17.2 Å². The molecule has 0 aliphatic carbocycles.